The number of benzene rings is 2. The number of carbonyl (C=O) groups excluding carboxylic acids is 1. The third-order valence-corrected chi connectivity index (χ3v) is 3.21. The van der Waals surface area contributed by atoms with Crippen LogP contribution in [0.3, 0.4) is 0 Å². The molecule has 0 spiro atoms. The molecule has 0 aliphatic rings. The molecule has 110 valence electrons. The van der Waals surface area contributed by atoms with E-state index in [1.54, 1.807) is 24.1 Å². The Morgan fingerprint density at radius 2 is 1.71 bits per heavy atom. The van der Waals surface area contributed by atoms with E-state index in [-0.39, 0.29) is 11.8 Å². The third kappa shape index (κ3) is 4.91. The zero-order valence-corrected chi connectivity index (χ0v) is 12.1. The van der Waals surface area contributed by atoms with Crippen LogP contribution in [-0.2, 0) is 13.0 Å². The predicted octanol–water partition coefficient (Wildman–Crippen LogP) is 3.21. The molecule has 0 saturated carbocycles. The van der Waals surface area contributed by atoms with Crippen molar-refractivity contribution in [3.8, 4) is 0 Å². The van der Waals surface area contributed by atoms with Gasteiger partial charge in [-0.05, 0) is 29.7 Å². The van der Waals surface area contributed by atoms with Crippen LogP contribution in [0.4, 0.5) is 9.18 Å². The monoisotopic (exact) mass is 286 g/mol. The van der Waals surface area contributed by atoms with Crippen LogP contribution in [0.5, 0.6) is 0 Å². The summed E-state index contributed by atoms with van der Waals surface area (Å²) >= 11 is 0. The van der Waals surface area contributed by atoms with Crippen molar-refractivity contribution in [1.82, 2.24) is 10.2 Å². The van der Waals surface area contributed by atoms with Crippen molar-refractivity contribution in [1.29, 1.82) is 0 Å². The van der Waals surface area contributed by atoms with E-state index >= 15 is 0 Å². The number of urea groups is 1. The molecule has 0 radical (unpaired) electrons. The van der Waals surface area contributed by atoms with Crippen LogP contribution >= 0.6 is 0 Å². The molecule has 4 heteroatoms. The Kier molecular flexibility index (Phi) is 5.32. The standard InChI is InChI=1S/C17H19FN2O/c1-20(13-15-7-9-16(18)10-8-15)17(21)19-12-11-14-5-3-2-4-6-14/h2-10H,11-13H2,1H3,(H,19,21). The van der Waals surface area contributed by atoms with E-state index < -0.39 is 0 Å². The first kappa shape index (κ1) is 15.0. The minimum atomic E-state index is -0.270. The van der Waals surface area contributed by atoms with E-state index in [0.29, 0.717) is 13.1 Å². The zero-order chi connectivity index (χ0) is 15.1. The lowest BCUT2D eigenvalue weighted by molar-refractivity contribution is 0.207. The molecular weight excluding hydrogens is 267 g/mol. The van der Waals surface area contributed by atoms with E-state index in [4.69, 9.17) is 0 Å². The van der Waals surface area contributed by atoms with Gasteiger partial charge in [-0.1, -0.05) is 42.5 Å². The van der Waals surface area contributed by atoms with Crippen LogP contribution in [0.15, 0.2) is 54.6 Å². The van der Waals surface area contributed by atoms with Crippen LogP contribution < -0.4 is 5.32 Å². The maximum Gasteiger partial charge on any atom is 0.317 e. The van der Waals surface area contributed by atoms with Gasteiger partial charge in [0, 0.05) is 20.1 Å². The Bertz CT molecular complexity index is 569. The first-order chi connectivity index (χ1) is 10.1. The lowest BCUT2D eigenvalue weighted by Gasteiger charge is -2.18. The largest absolute Gasteiger partial charge is 0.338 e. The van der Waals surface area contributed by atoms with Gasteiger partial charge in [0.1, 0.15) is 5.82 Å². The first-order valence-electron chi connectivity index (χ1n) is 6.92. The van der Waals surface area contributed by atoms with Crippen molar-refractivity contribution in [2.75, 3.05) is 13.6 Å². The SMILES string of the molecule is CN(Cc1ccc(F)cc1)C(=O)NCCc1ccccc1. The second-order valence-electron chi connectivity index (χ2n) is 4.95. The van der Waals surface area contributed by atoms with Crippen molar-refractivity contribution < 1.29 is 9.18 Å². The van der Waals surface area contributed by atoms with Gasteiger partial charge >= 0.3 is 6.03 Å². The summed E-state index contributed by atoms with van der Waals surface area (Å²) in [5.41, 5.74) is 2.09. The summed E-state index contributed by atoms with van der Waals surface area (Å²) in [6.45, 7) is 1.05. The van der Waals surface area contributed by atoms with E-state index in [9.17, 15) is 9.18 Å². The van der Waals surface area contributed by atoms with Gasteiger partial charge in [0.15, 0.2) is 0 Å². The van der Waals surface area contributed by atoms with Crippen molar-refractivity contribution >= 4 is 6.03 Å². The molecule has 1 N–H and O–H groups in total. The molecule has 0 heterocycles. The van der Waals surface area contributed by atoms with Crippen LogP contribution in [0.1, 0.15) is 11.1 Å². The molecular formula is C17H19FN2O. The van der Waals surface area contributed by atoms with Gasteiger partial charge in [-0.25, -0.2) is 9.18 Å². The number of carbonyl (C=O) groups is 1. The van der Waals surface area contributed by atoms with Crippen molar-refractivity contribution in [3.63, 3.8) is 0 Å². The second-order valence-corrected chi connectivity index (χ2v) is 4.95. The molecule has 21 heavy (non-hydrogen) atoms. The Labute approximate surface area is 124 Å². The average molecular weight is 286 g/mol. The number of nitrogens with one attached hydrogen (secondary N) is 1. The topological polar surface area (TPSA) is 32.3 Å². The van der Waals surface area contributed by atoms with Gasteiger partial charge in [-0.2, -0.15) is 0 Å². The summed E-state index contributed by atoms with van der Waals surface area (Å²) in [5.74, 6) is -0.270. The highest BCUT2D eigenvalue weighted by molar-refractivity contribution is 5.73. The molecule has 0 unspecified atom stereocenters. The Morgan fingerprint density at radius 1 is 1.05 bits per heavy atom. The quantitative estimate of drug-likeness (QED) is 0.899. The number of halogens is 1. The van der Waals surface area contributed by atoms with E-state index in [0.717, 1.165) is 12.0 Å². The summed E-state index contributed by atoms with van der Waals surface area (Å²) in [6.07, 6.45) is 0.803. The number of hydrogen-bond acceptors (Lipinski definition) is 1. The minimum Gasteiger partial charge on any atom is -0.338 e. The van der Waals surface area contributed by atoms with Crippen LogP contribution in [0.25, 0.3) is 0 Å². The highest BCUT2D eigenvalue weighted by atomic mass is 19.1. The molecule has 2 aromatic carbocycles. The summed E-state index contributed by atoms with van der Waals surface area (Å²) in [4.78, 5) is 13.5. The van der Waals surface area contributed by atoms with E-state index in [1.807, 2.05) is 30.3 Å². The normalized spacial score (nSPS) is 10.2. The molecule has 2 rings (SSSR count). The summed E-state index contributed by atoms with van der Waals surface area (Å²) in [7, 11) is 1.72. The molecule has 0 fully saturated rings. The maximum atomic E-state index is 12.8. The van der Waals surface area contributed by atoms with Crippen LogP contribution in [0.2, 0.25) is 0 Å². The molecule has 2 amide bonds. The van der Waals surface area contributed by atoms with Crippen molar-refractivity contribution in [2.45, 2.75) is 13.0 Å². The fourth-order valence-corrected chi connectivity index (χ4v) is 2.03. The average Bonchev–Trinajstić information content (AvgIpc) is 2.50. The number of nitrogens with zero attached hydrogens (tertiary/aromatic N) is 1. The van der Waals surface area contributed by atoms with Gasteiger partial charge in [0.05, 0.1) is 0 Å². The van der Waals surface area contributed by atoms with Crippen LogP contribution in [-0.4, -0.2) is 24.5 Å². The third-order valence-electron chi connectivity index (χ3n) is 3.21. The minimum absolute atomic E-state index is 0.129. The zero-order valence-electron chi connectivity index (χ0n) is 12.1. The predicted molar refractivity (Wildman–Crippen MR) is 81.4 cm³/mol. The van der Waals surface area contributed by atoms with Crippen molar-refractivity contribution in [2.24, 2.45) is 0 Å². The molecule has 2 aromatic rings. The summed E-state index contributed by atoms with van der Waals surface area (Å²) in [5, 5.41) is 2.88. The van der Waals surface area contributed by atoms with E-state index in [1.165, 1.54) is 17.7 Å². The lowest BCUT2D eigenvalue weighted by atomic mass is 10.1. The molecule has 0 bridgehead atoms. The van der Waals surface area contributed by atoms with Gasteiger partial charge in [0.25, 0.3) is 0 Å². The smallest absolute Gasteiger partial charge is 0.317 e. The van der Waals surface area contributed by atoms with Gasteiger partial charge in [-0.3, -0.25) is 0 Å². The Hall–Kier alpha value is -2.36. The van der Waals surface area contributed by atoms with Gasteiger partial charge in [0.2, 0.25) is 0 Å². The molecule has 0 aliphatic heterocycles. The van der Waals surface area contributed by atoms with E-state index in [2.05, 4.69) is 5.32 Å². The lowest BCUT2D eigenvalue weighted by Crippen LogP contribution is -2.37. The van der Waals surface area contributed by atoms with Crippen molar-refractivity contribution in [3.05, 3.63) is 71.5 Å². The molecule has 0 aliphatic carbocycles. The highest BCUT2D eigenvalue weighted by Gasteiger charge is 2.08. The molecule has 0 saturated heterocycles. The Balaban J connectivity index is 1.76. The van der Waals surface area contributed by atoms with Gasteiger partial charge in [-0.15, -0.1) is 0 Å². The van der Waals surface area contributed by atoms with Gasteiger partial charge < -0.3 is 10.2 Å². The van der Waals surface area contributed by atoms with Crippen LogP contribution in [0, 0.1) is 5.82 Å². The number of rotatable bonds is 5. The number of hydrogen-bond donors (Lipinski definition) is 1. The molecule has 3 nitrogen and oxygen atoms in total. The maximum absolute atomic E-state index is 12.8. The summed E-state index contributed by atoms with van der Waals surface area (Å²) in [6, 6.07) is 16.0. The molecule has 0 atom stereocenters. The Morgan fingerprint density at radius 3 is 2.38 bits per heavy atom. The number of amides is 2. The fourth-order valence-electron chi connectivity index (χ4n) is 2.03. The highest BCUT2D eigenvalue weighted by Crippen LogP contribution is 2.05. The fraction of sp³-hybridized carbons (Fsp3) is 0.235. The summed E-state index contributed by atoms with van der Waals surface area (Å²) < 4.78 is 12.8. The second kappa shape index (κ2) is 7.43. The first-order valence-corrected chi connectivity index (χ1v) is 6.92. The molecule has 0 aromatic heterocycles.